The molecule has 16 heavy (non-hydrogen) atoms. The third kappa shape index (κ3) is 3.42. The van der Waals surface area contributed by atoms with Gasteiger partial charge in [0, 0.05) is 18.9 Å². The zero-order chi connectivity index (χ0) is 11.5. The summed E-state index contributed by atoms with van der Waals surface area (Å²) in [6.45, 7) is 0. The van der Waals surface area contributed by atoms with Gasteiger partial charge < -0.3 is 5.32 Å². The Morgan fingerprint density at radius 2 is 2.12 bits per heavy atom. The van der Waals surface area contributed by atoms with Crippen LogP contribution in [0, 0.1) is 0 Å². The molecule has 1 heterocycles. The predicted octanol–water partition coefficient (Wildman–Crippen LogP) is 2.75. The lowest BCUT2D eigenvalue weighted by atomic mass is 10.2. The molecule has 1 amide bonds. The Kier molecular flexibility index (Phi) is 3.76. The smallest absolute Gasteiger partial charge is 0.220 e. The largest absolute Gasteiger partial charge is 0.353 e. The summed E-state index contributed by atoms with van der Waals surface area (Å²) in [5.74, 6) is 0.0353. The van der Waals surface area contributed by atoms with Crippen LogP contribution < -0.4 is 5.32 Å². The SMILES string of the molecule is O=C(CCC(=O)c1ccc(Br)s1)NC1CC1. The predicted molar refractivity (Wildman–Crippen MR) is 66.7 cm³/mol. The summed E-state index contributed by atoms with van der Waals surface area (Å²) in [4.78, 5) is 23.8. The van der Waals surface area contributed by atoms with Crippen molar-refractivity contribution >= 4 is 39.0 Å². The lowest BCUT2D eigenvalue weighted by Crippen LogP contribution is -2.25. The van der Waals surface area contributed by atoms with Crippen LogP contribution in [-0.2, 0) is 4.79 Å². The topological polar surface area (TPSA) is 46.2 Å². The quantitative estimate of drug-likeness (QED) is 0.850. The van der Waals surface area contributed by atoms with Gasteiger partial charge in [0.25, 0.3) is 0 Å². The van der Waals surface area contributed by atoms with Crippen LogP contribution in [0.4, 0.5) is 0 Å². The Morgan fingerprint density at radius 1 is 1.38 bits per heavy atom. The van der Waals surface area contributed by atoms with E-state index in [2.05, 4.69) is 21.2 Å². The molecule has 86 valence electrons. The third-order valence-electron chi connectivity index (χ3n) is 2.37. The van der Waals surface area contributed by atoms with Gasteiger partial charge in [-0.25, -0.2) is 0 Å². The maximum Gasteiger partial charge on any atom is 0.220 e. The molecule has 2 rings (SSSR count). The van der Waals surface area contributed by atoms with Crippen LogP contribution in [0.2, 0.25) is 0 Å². The minimum absolute atomic E-state index is 0.00790. The summed E-state index contributed by atoms with van der Waals surface area (Å²) >= 11 is 4.72. The van der Waals surface area contributed by atoms with E-state index in [1.165, 1.54) is 11.3 Å². The Balaban J connectivity index is 1.76. The van der Waals surface area contributed by atoms with Crippen LogP contribution in [0.15, 0.2) is 15.9 Å². The maximum absolute atomic E-state index is 11.7. The molecule has 0 saturated heterocycles. The summed E-state index contributed by atoms with van der Waals surface area (Å²) in [7, 11) is 0. The lowest BCUT2D eigenvalue weighted by Gasteiger charge is -2.01. The summed E-state index contributed by atoms with van der Waals surface area (Å²) < 4.78 is 0.943. The molecule has 0 bridgehead atoms. The number of hydrogen-bond acceptors (Lipinski definition) is 3. The molecule has 1 aromatic rings. The van der Waals surface area contributed by atoms with Gasteiger partial charge >= 0.3 is 0 Å². The van der Waals surface area contributed by atoms with Crippen LogP contribution >= 0.6 is 27.3 Å². The number of thiophene rings is 1. The minimum Gasteiger partial charge on any atom is -0.353 e. The molecule has 0 unspecified atom stereocenters. The van der Waals surface area contributed by atoms with Gasteiger partial charge in [0.05, 0.1) is 8.66 Å². The molecule has 1 aliphatic carbocycles. The van der Waals surface area contributed by atoms with Crippen molar-refractivity contribution in [2.45, 2.75) is 31.7 Å². The number of amides is 1. The van der Waals surface area contributed by atoms with E-state index in [9.17, 15) is 9.59 Å². The van der Waals surface area contributed by atoms with Crippen LogP contribution in [0.1, 0.15) is 35.4 Å². The van der Waals surface area contributed by atoms with Crippen LogP contribution in [0.25, 0.3) is 0 Å². The summed E-state index contributed by atoms with van der Waals surface area (Å²) in [6, 6.07) is 4.01. The first-order chi connectivity index (χ1) is 7.65. The molecule has 5 heteroatoms. The van der Waals surface area contributed by atoms with E-state index in [0.717, 1.165) is 16.6 Å². The van der Waals surface area contributed by atoms with Crippen molar-refractivity contribution in [3.05, 3.63) is 20.8 Å². The highest BCUT2D eigenvalue weighted by Gasteiger charge is 2.23. The monoisotopic (exact) mass is 301 g/mol. The van der Waals surface area contributed by atoms with Gasteiger partial charge in [-0.15, -0.1) is 11.3 Å². The van der Waals surface area contributed by atoms with E-state index < -0.39 is 0 Å². The molecule has 0 spiro atoms. The molecule has 0 aliphatic heterocycles. The number of ketones is 1. The molecule has 0 atom stereocenters. The van der Waals surface area contributed by atoms with Gasteiger partial charge in [0.2, 0.25) is 5.91 Å². The molecular formula is C11H12BrNO2S. The summed E-state index contributed by atoms with van der Waals surface area (Å²) in [5, 5.41) is 2.87. The zero-order valence-electron chi connectivity index (χ0n) is 8.66. The van der Waals surface area contributed by atoms with Crippen molar-refractivity contribution in [2.24, 2.45) is 0 Å². The second kappa shape index (κ2) is 5.10. The van der Waals surface area contributed by atoms with Crippen molar-refractivity contribution in [2.75, 3.05) is 0 Å². The number of nitrogens with one attached hydrogen (secondary N) is 1. The third-order valence-corrected chi connectivity index (χ3v) is 4.03. The number of rotatable bonds is 5. The second-order valence-electron chi connectivity index (χ2n) is 3.87. The molecule has 3 nitrogen and oxygen atoms in total. The normalized spacial score (nSPS) is 14.8. The van der Waals surface area contributed by atoms with E-state index in [0.29, 0.717) is 23.8 Å². The van der Waals surface area contributed by atoms with Crippen LogP contribution in [0.3, 0.4) is 0 Å². The van der Waals surface area contributed by atoms with E-state index in [1.54, 1.807) is 6.07 Å². The molecule has 1 fully saturated rings. The standard InChI is InChI=1S/C11H12BrNO2S/c12-10-5-4-9(16-10)8(14)3-6-11(15)13-7-1-2-7/h4-5,7H,1-3,6H2,(H,13,15). The fraction of sp³-hybridized carbons (Fsp3) is 0.455. The van der Waals surface area contributed by atoms with Crippen LogP contribution in [-0.4, -0.2) is 17.7 Å². The fourth-order valence-corrected chi connectivity index (χ4v) is 2.70. The Hall–Kier alpha value is -0.680. The highest BCUT2D eigenvalue weighted by molar-refractivity contribution is 9.11. The van der Waals surface area contributed by atoms with E-state index in [4.69, 9.17) is 0 Å². The molecule has 1 N–H and O–H groups in total. The van der Waals surface area contributed by atoms with Crippen LogP contribution in [0.5, 0.6) is 0 Å². The average Bonchev–Trinajstić information content (AvgIpc) is 2.95. The maximum atomic E-state index is 11.7. The summed E-state index contributed by atoms with van der Waals surface area (Å²) in [5.41, 5.74) is 0. The van der Waals surface area contributed by atoms with E-state index in [-0.39, 0.29) is 11.7 Å². The number of Topliss-reactive ketones (excluding diaryl/α,β-unsaturated/α-hetero) is 1. The average molecular weight is 302 g/mol. The molecule has 1 saturated carbocycles. The van der Waals surface area contributed by atoms with Gasteiger partial charge in [-0.1, -0.05) is 0 Å². The lowest BCUT2D eigenvalue weighted by molar-refractivity contribution is -0.121. The van der Waals surface area contributed by atoms with Crippen molar-refractivity contribution in [1.29, 1.82) is 0 Å². The first-order valence-electron chi connectivity index (χ1n) is 5.23. The Labute approximate surface area is 106 Å². The molecule has 1 aromatic heterocycles. The van der Waals surface area contributed by atoms with Crippen molar-refractivity contribution in [1.82, 2.24) is 5.32 Å². The molecule has 0 radical (unpaired) electrons. The Morgan fingerprint density at radius 3 is 2.69 bits per heavy atom. The minimum atomic E-state index is -0.00790. The van der Waals surface area contributed by atoms with E-state index in [1.807, 2.05) is 6.07 Å². The first-order valence-corrected chi connectivity index (χ1v) is 6.84. The Bertz CT molecular complexity index is 412. The van der Waals surface area contributed by atoms with Crippen molar-refractivity contribution in [3.8, 4) is 0 Å². The number of carbonyl (C=O) groups is 2. The first kappa shape index (κ1) is 11.8. The molecule has 1 aliphatic rings. The number of carbonyl (C=O) groups excluding carboxylic acids is 2. The summed E-state index contributed by atoms with van der Waals surface area (Å²) in [6.07, 6.45) is 2.76. The zero-order valence-corrected chi connectivity index (χ0v) is 11.1. The second-order valence-corrected chi connectivity index (χ2v) is 6.33. The van der Waals surface area contributed by atoms with Gasteiger partial charge in [-0.05, 0) is 40.9 Å². The van der Waals surface area contributed by atoms with Gasteiger partial charge in [-0.2, -0.15) is 0 Å². The number of hydrogen-bond donors (Lipinski definition) is 1. The van der Waals surface area contributed by atoms with Gasteiger partial charge in [-0.3, -0.25) is 9.59 Å². The van der Waals surface area contributed by atoms with Crippen molar-refractivity contribution < 1.29 is 9.59 Å². The van der Waals surface area contributed by atoms with Gasteiger partial charge in [0.15, 0.2) is 5.78 Å². The molecule has 0 aromatic carbocycles. The van der Waals surface area contributed by atoms with E-state index >= 15 is 0 Å². The highest BCUT2D eigenvalue weighted by Crippen LogP contribution is 2.23. The molecular weight excluding hydrogens is 290 g/mol. The number of halogens is 1. The fourth-order valence-electron chi connectivity index (χ4n) is 1.34. The van der Waals surface area contributed by atoms with Gasteiger partial charge in [0.1, 0.15) is 0 Å². The van der Waals surface area contributed by atoms with Crippen molar-refractivity contribution in [3.63, 3.8) is 0 Å². The highest BCUT2D eigenvalue weighted by atomic mass is 79.9.